The van der Waals surface area contributed by atoms with Crippen molar-refractivity contribution >= 4 is 39.8 Å². The number of carboxylic acids is 1. The van der Waals surface area contributed by atoms with Crippen LogP contribution in [0.2, 0.25) is 0 Å². The van der Waals surface area contributed by atoms with Gasteiger partial charge in [0.15, 0.2) is 0 Å². The Bertz CT molecular complexity index is 1170. The number of hydrogen-bond donors (Lipinski definition) is 3. The third-order valence-corrected chi connectivity index (χ3v) is 4.52. The first kappa shape index (κ1) is 20.8. The van der Waals surface area contributed by atoms with Crippen LogP contribution in [0.5, 0.6) is 0 Å². The van der Waals surface area contributed by atoms with Crippen LogP contribution in [-0.2, 0) is 9.63 Å². The van der Waals surface area contributed by atoms with Gasteiger partial charge in [-0.15, -0.1) is 0 Å². The largest absolute Gasteiger partial charge is 0.478 e. The molecule has 3 rings (SSSR count). The van der Waals surface area contributed by atoms with Gasteiger partial charge in [-0.1, -0.05) is 36.4 Å². The van der Waals surface area contributed by atoms with Gasteiger partial charge < -0.3 is 10.4 Å². The van der Waals surface area contributed by atoms with Gasteiger partial charge in [-0.05, 0) is 53.1 Å². The van der Waals surface area contributed by atoms with Gasteiger partial charge in [0.1, 0.15) is 0 Å². The van der Waals surface area contributed by atoms with Crippen LogP contribution in [0.3, 0.4) is 0 Å². The Morgan fingerprint density at radius 3 is 2.33 bits per heavy atom. The number of fused-ring (bicyclic) bond motifs is 1. The highest BCUT2D eigenvalue weighted by atomic mass is 16.6. The van der Waals surface area contributed by atoms with Crippen molar-refractivity contribution in [1.29, 1.82) is 0 Å². The average molecular weight is 404 g/mol. The molecule has 3 N–H and O–H groups in total. The van der Waals surface area contributed by atoms with Gasteiger partial charge in [0.2, 0.25) is 5.91 Å². The van der Waals surface area contributed by atoms with Crippen LogP contribution in [0, 0.1) is 0 Å². The van der Waals surface area contributed by atoms with E-state index in [2.05, 4.69) is 15.6 Å². The molecule has 0 spiro atoms. The maximum Gasteiger partial charge on any atom is 0.337 e. The topological polar surface area (TPSA) is 105 Å². The molecule has 0 aromatic heterocycles. The lowest BCUT2D eigenvalue weighted by atomic mass is 10.0. The predicted molar refractivity (Wildman–Crippen MR) is 114 cm³/mol. The molecule has 0 unspecified atom stereocenters. The molecule has 0 atom stereocenters. The molecule has 0 saturated carbocycles. The van der Waals surface area contributed by atoms with E-state index in [1.807, 2.05) is 42.5 Å². The van der Waals surface area contributed by atoms with Crippen LogP contribution in [0.1, 0.15) is 33.2 Å². The maximum absolute atomic E-state index is 12.5. The number of carbonyl (C=O) groups is 3. The fraction of sp³-hybridized carbons (Fsp3) is 0.0870. The van der Waals surface area contributed by atoms with Crippen molar-refractivity contribution in [3.63, 3.8) is 0 Å². The van der Waals surface area contributed by atoms with Crippen molar-refractivity contribution in [1.82, 2.24) is 5.48 Å². The van der Waals surface area contributed by atoms with E-state index >= 15 is 0 Å². The number of aromatic carboxylic acids is 1. The van der Waals surface area contributed by atoms with Crippen LogP contribution in [-0.4, -0.2) is 30.0 Å². The summed E-state index contributed by atoms with van der Waals surface area (Å²) in [5.74, 6) is -2.29. The van der Waals surface area contributed by atoms with Gasteiger partial charge in [-0.25, -0.2) is 10.3 Å². The summed E-state index contributed by atoms with van der Waals surface area (Å²) in [7, 11) is 1.28. The van der Waals surface area contributed by atoms with E-state index < -0.39 is 17.8 Å². The molecule has 0 fully saturated rings. The predicted octanol–water partition coefficient (Wildman–Crippen LogP) is 3.87. The minimum absolute atomic E-state index is 0.0128. The van der Waals surface area contributed by atoms with Gasteiger partial charge in [-0.3, -0.25) is 14.4 Å². The Kier molecular flexibility index (Phi) is 6.24. The molecule has 3 aromatic rings. The molecule has 0 saturated heterocycles. The minimum Gasteiger partial charge on any atom is -0.478 e. The normalized spacial score (nSPS) is 11.2. The summed E-state index contributed by atoms with van der Waals surface area (Å²) in [5.41, 5.74) is 3.76. The van der Waals surface area contributed by atoms with Crippen molar-refractivity contribution in [2.45, 2.75) is 6.92 Å². The molecule has 0 aliphatic carbocycles. The molecule has 0 aliphatic heterocycles. The molecule has 3 aromatic carbocycles. The summed E-state index contributed by atoms with van der Waals surface area (Å²) in [5, 5.41) is 14.1. The first-order valence-electron chi connectivity index (χ1n) is 9.08. The number of amides is 2. The molecule has 152 valence electrons. The van der Waals surface area contributed by atoms with E-state index in [0.717, 1.165) is 16.3 Å². The van der Waals surface area contributed by atoms with E-state index in [4.69, 9.17) is 0 Å². The second-order valence-electron chi connectivity index (χ2n) is 6.58. The number of hydroxylamine groups is 1. The third kappa shape index (κ3) is 4.71. The average Bonchev–Trinajstić information content (AvgIpc) is 2.73. The van der Waals surface area contributed by atoms with E-state index in [0.29, 0.717) is 5.57 Å². The standard InChI is InChI=1S/C23H20N2O5/c1-14(16-8-7-15-5-3-4-6-17(15)12-16)11-21(26)24-20-13-18(22(27)25-30-2)9-10-19(20)23(28)29/h3-13H,1-2H3,(H,24,26)(H,25,27)(H,28,29). The fourth-order valence-electron chi connectivity index (χ4n) is 3.01. The lowest BCUT2D eigenvalue weighted by molar-refractivity contribution is -0.111. The lowest BCUT2D eigenvalue weighted by Crippen LogP contribution is -2.22. The minimum atomic E-state index is -1.22. The summed E-state index contributed by atoms with van der Waals surface area (Å²) in [6.45, 7) is 1.80. The van der Waals surface area contributed by atoms with Crippen molar-refractivity contribution in [2.75, 3.05) is 12.4 Å². The number of benzene rings is 3. The zero-order chi connectivity index (χ0) is 21.7. The molecule has 7 heteroatoms. The second kappa shape index (κ2) is 9.02. The Balaban J connectivity index is 1.87. The molecule has 2 amide bonds. The van der Waals surface area contributed by atoms with Gasteiger partial charge >= 0.3 is 5.97 Å². The van der Waals surface area contributed by atoms with Crippen molar-refractivity contribution < 1.29 is 24.3 Å². The highest BCUT2D eigenvalue weighted by molar-refractivity contribution is 6.08. The van der Waals surface area contributed by atoms with Crippen molar-refractivity contribution in [2.24, 2.45) is 0 Å². The van der Waals surface area contributed by atoms with Crippen LogP contribution < -0.4 is 10.8 Å². The van der Waals surface area contributed by atoms with Crippen molar-refractivity contribution in [3.8, 4) is 0 Å². The van der Waals surface area contributed by atoms with E-state index in [1.54, 1.807) is 6.92 Å². The highest BCUT2D eigenvalue weighted by Crippen LogP contribution is 2.22. The second-order valence-corrected chi connectivity index (χ2v) is 6.58. The fourth-order valence-corrected chi connectivity index (χ4v) is 3.01. The molecular formula is C23H20N2O5. The van der Waals surface area contributed by atoms with Crippen LogP contribution in [0.4, 0.5) is 5.69 Å². The summed E-state index contributed by atoms with van der Waals surface area (Å²) in [6.07, 6.45) is 1.39. The van der Waals surface area contributed by atoms with Crippen LogP contribution in [0.15, 0.2) is 66.7 Å². The lowest BCUT2D eigenvalue weighted by Gasteiger charge is -2.10. The number of anilines is 1. The first-order chi connectivity index (χ1) is 14.4. The number of nitrogens with one attached hydrogen (secondary N) is 2. The summed E-state index contributed by atoms with van der Waals surface area (Å²) in [4.78, 5) is 40.5. The SMILES string of the molecule is CONC(=O)c1ccc(C(=O)O)c(NC(=O)C=C(C)c2ccc3ccccc3c2)c1. The quantitative estimate of drug-likeness (QED) is 0.427. The monoisotopic (exact) mass is 404 g/mol. The maximum atomic E-state index is 12.5. The zero-order valence-electron chi connectivity index (χ0n) is 16.4. The van der Waals surface area contributed by atoms with E-state index in [1.165, 1.54) is 31.4 Å². The highest BCUT2D eigenvalue weighted by Gasteiger charge is 2.15. The van der Waals surface area contributed by atoms with Gasteiger partial charge in [0.25, 0.3) is 5.91 Å². The van der Waals surface area contributed by atoms with Gasteiger partial charge in [0.05, 0.1) is 18.4 Å². The molecule has 30 heavy (non-hydrogen) atoms. The molecule has 7 nitrogen and oxygen atoms in total. The number of carbonyl (C=O) groups excluding carboxylic acids is 2. The van der Waals surface area contributed by atoms with Crippen LogP contribution in [0.25, 0.3) is 16.3 Å². The molecule has 0 heterocycles. The number of rotatable bonds is 6. The number of allylic oxidation sites excluding steroid dienone is 1. The first-order valence-corrected chi connectivity index (χ1v) is 9.08. The molecular weight excluding hydrogens is 384 g/mol. The summed E-state index contributed by atoms with van der Waals surface area (Å²) in [6, 6.07) is 17.6. The van der Waals surface area contributed by atoms with Gasteiger partial charge in [0, 0.05) is 11.6 Å². The van der Waals surface area contributed by atoms with Crippen molar-refractivity contribution in [3.05, 3.63) is 83.4 Å². The number of carboxylic acid groups (broad SMARTS) is 1. The molecule has 0 bridgehead atoms. The summed E-state index contributed by atoms with van der Waals surface area (Å²) >= 11 is 0. The zero-order valence-corrected chi connectivity index (χ0v) is 16.4. The number of hydrogen-bond acceptors (Lipinski definition) is 4. The van der Waals surface area contributed by atoms with Gasteiger partial charge in [-0.2, -0.15) is 0 Å². The Labute approximate surface area is 172 Å². The van der Waals surface area contributed by atoms with E-state index in [9.17, 15) is 19.5 Å². The molecule has 0 radical (unpaired) electrons. The third-order valence-electron chi connectivity index (χ3n) is 4.52. The van der Waals surface area contributed by atoms with Crippen LogP contribution >= 0.6 is 0 Å². The Morgan fingerprint density at radius 2 is 1.63 bits per heavy atom. The summed E-state index contributed by atoms with van der Waals surface area (Å²) < 4.78 is 0. The molecule has 0 aliphatic rings. The Hall–Kier alpha value is -3.97. The van der Waals surface area contributed by atoms with E-state index in [-0.39, 0.29) is 16.8 Å². The smallest absolute Gasteiger partial charge is 0.337 e. The Morgan fingerprint density at radius 1 is 0.933 bits per heavy atom.